The molecule has 0 spiro atoms. The van der Waals surface area contributed by atoms with Gasteiger partial charge in [0, 0.05) is 18.5 Å². The van der Waals surface area contributed by atoms with Crippen LogP contribution < -0.4 is 5.32 Å². The molecule has 0 aliphatic carbocycles. The summed E-state index contributed by atoms with van der Waals surface area (Å²) in [7, 11) is 0. The van der Waals surface area contributed by atoms with Crippen LogP contribution in [0, 0.1) is 0 Å². The van der Waals surface area contributed by atoms with Crippen molar-refractivity contribution in [3.63, 3.8) is 0 Å². The van der Waals surface area contributed by atoms with E-state index >= 15 is 0 Å². The van der Waals surface area contributed by atoms with Crippen LogP contribution in [0.4, 0.5) is 0 Å². The van der Waals surface area contributed by atoms with Gasteiger partial charge in [0.15, 0.2) is 0 Å². The highest BCUT2D eigenvalue weighted by molar-refractivity contribution is 5.23. The van der Waals surface area contributed by atoms with E-state index in [9.17, 15) is 0 Å². The minimum absolute atomic E-state index is 0.655. The van der Waals surface area contributed by atoms with Gasteiger partial charge in [-0.2, -0.15) is 0 Å². The lowest BCUT2D eigenvalue weighted by molar-refractivity contribution is 0.102. The summed E-state index contributed by atoms with van der Waals surface area (Å²) in [5.74, 6) is 1.00. The van der Waals surface area contributed by atoms with Crippen LogP contribution in [-0.4, -0.2) is 18.3 Å². The van der Waals surface area contributed by atoms with Gasteiger partial charge in [-0.3, -0.25) is 0 Å². The molecule has 4 heteroatoms. The van der Waals surface area contributed by atoms with Crippen molar-refractivity contribution in [1.82, 2.24) is 10.5 Å². The van der Waals surface area contributed by atoms with E-state index in [0.717, 1.165) is 49.6 Å². The van der Waals surface area contributed by atoms with Gasteiger partial charge in [0.1, 0.15) is 11.5 Å². The molecule has 14 heavy (non-hydrogen) atoms. The molecule has 0 amide bonds. The van der Waals surface area contributed by atoms with Gasteiger partial charge in [0.2, 0.25) is 0 Å². The Balaban J connectivity index is 1.99. The molecule has 0 saturated heterocycles. The van der Waals surface area contributed by atoms with Crippen LogP contribution in [0.5, 0.6) is 0 Å². The lowest BCUT2D eigenvalue weighted by atomic mass is 10.1. The van der Waals surface area contributed by atoms with Crippen molar-refractivity contribution >= 4 is 0 Å². The van der Waals surface area contributed by atoms with E-state index in [4.69, 9.17) is 9.26 Å². The molecule has 0 radical (unpaired) electrons. The summed E-state index contributed by atoms with van der Waals surface area (Å²) < 4.78 is 10.6. The van der Waals surface area contributed by atoms with E-state index in [2.05, 4.69) is 17.4 Å². The van der Waals surface area contributed by atoms with Gasteiger partial charge in [-0.15, -0.1) is 0 Å². The molecule has 0 aromatic carbocycles. The third-order valence-corrected chi connectivity index (χ3v) is 2.39. The average Bonchev–Trinajstić information content (AvgIpc) is 2.63. The lowest BCUT2D eigenvalue weighted by Gasteiger charge is -2.10. The third kappa shape index (κ3) is 1.96. The highest BCUT2D eigenvalue weighted by Crippen LogP contribution is 2.20. The predicted octanol–water partition coefficient (Wildman–Crippen LogP) is 1.25. The van der Waals surface area contributed by atoms with Crippen molar-refractivity contribution < 1.29 is 9.26 Å². The van der Waals surface area contributed by atoms with Crippen molar-refractivity contribution in [2.45, 2.75) is 32.9 Å². The molecule has 4 nitrogen and oxygen atoms in total. The first kappa shape index (κ1) is 9.68. The molecular formula is C10H16N2O2. The van der Waals surface area contributed by atoms with Crippen molar-refractivity contribution in [3.05, 3.63) is 17.0 Å². The fraction of sp³-hybridized carbons (Fsp3) is 0.700. The summed E-state index contributed by atoms with van der Waals surface area (Å²) in [6.07, 6.45) is 1.99. The number of nitrogens with zero attached hydrogens (tertiary/aromatic N) is 1. The fourth-order valence-electron chi connectivity index (χ4n) is 1.60. The fourth-order valence-corrected chi connectivity index (χ4v) is 1.60. The number of rotatable bonds is 4. The molecule has 0 unspecified atom stereocenters. The van der Waals surface area contributed by atoms with Crippen LogP contribution in [-0.2, 0) is 24.3 Å². The molecule has 0 fully saturated rings. The SMILES string of the molecule is CCCNCc1noc2c1COCC2. The maximum Gasteiger partial charge on any atom is 0.144 e. The maximum atomic E-state index is 5.37. The Labute approximate surface area is 83.6 Å². The topological polar surface area (TPSA) is 47.3 Å². The maximum absolute atomic E-state index is 5.37. The van der Waals surface area contributed by atoms with Crippen LogP contribution in [0.3, 0.4) is 0 Å². The average molecular weight is 196 g/mol. The summed E-state index contributed by atoms with van der Waals surface area (Å²) in [6.45, 7) is 5.36. The highest BCUT2D eigenvalue weighted by Gasteiger charge is 2.18. The van der Waals surface area contributed by atoms with Crippen molar-refractivity contribution in [2.24, 2.45) is 0 Å². The second-order valence-electron chi connectivity index (χ2n) is 3.51. The molecule has 2 heterocycles. The van der Waals surface area contributed by atoms with Gasteiger partial charge in [-0.1, -0.05) is 12.1 Å². The molecule has 78 valence electrons. The van der Waals surface area contributed by atoms with Gasteiger partial charge in [-0.05, 0) is 13.0 Å². The first-order chi connectivity index (χ1) is 6.92. The Bertz CT molecular complexity index is 296. The molecule has 0 saturated carbocycles. The minimum Gasteiger partial charge on any atom is -0.376 e. The molecule has 1 aromatic heterocycles. The van der Waals surface area contributed by atoms with Crippen molar-refractivity contribution in [3.8, 4) is 0 Å². The Kier molecular flexibility index (Phi) is 3.16. The number of nitrogens with one attached hydrogen (secondary N) is 1. The monoisotopic (exact) mass is 196 g/mol. The van der Waals surface area contributed by atoms with Crippen LogP contribution >= 0.6 is 0 Å². The lowest BCUT2D eigenvalue weighted by Crippen LogP contribution is -2.16. The molecule has 1 N–H and O–H groups in total. The van der Waals surface area contributed by atoms with E-state index in [1.54, 1.807) is 0 Å². The van der Waals surface area contributed by atoms with E-state index in [1.807, 2.05) is 0 Å². The molecule has 2 rings (SSSR count). The standard InChI is InChI=1S/C10H16N2O2/c1-2-4-11-6-9-8-7-13-5-3-10(8)14-12-9/h11H,2-7H2,1H3. The Morgan fingerprint density at radius 3 is 3.29 bits per heavy atom. The summed E-state index contributed by atoms with van der Waals surface area (Å²) in [6, 6.07) is 0. The molecule has 1 aliphatic heterocycles. The van der Waals surface area contributed by atoms with E-state index in [1.165, 1.54) is 0 Å². The quantitative estimate of drug-likeness (QED) is 0.736. The van der Waals surface area contributed by atoms with Gasteiger partial charge < -0.3 is 14.6 Å². The number of aromatic nitrogens is 1. The van der Waals surface area contributed by atoms with Gasteiger partial charge in [0.05, 0.1) is 13.2 Å². The Morgan fingerprint density at radius 2 is 2.43 bits per heavy atom. The molecule has 1 aromatic rings. The molecule has 0 atom stereocenters. The number of hydrogen-bond donors (Lipinski definition) is 1. The van der Waals surface area contributed by atoms with E-state index in [-0.39, 0.29) is 0 Å². The van der Waals surface area contributed by atoms with E-state index in [0.29, 0.717) is 6.61 Å². The molecule has 0 bridgehead atoms. The Morgan fingerprint density at radius 1 is 1.50 bits per heavy atom. The van der Waals surface area contributed by atoms with Crippen LogP contribution in [0.1, 0.15) is 30.4 Å². The van der Waals surface area contributed by atoms with Crippen molar-refractivity contribution in [2.75, 3.05) is 13.2 Å². The predicted molar refractivity (Wildman–Crippen MR) is 51.9 cm³/mol. The zero-order valence-corrected chi connectivity index (χ0v) is 8.51. The molecular weight excluding hydrogens is 180 g/mol. The number of hydrogen-bond acceptors (Lipinski definition) is 4. The van der Waals surface area contributed by atoms with Crippen LogP contribution in [0.15, 0.2) is 4.52 Å². The molecule has 1 aliphatic rings. The number of ether oxygens (including phenoxy) is 1. The zero-order valence-electron chi connectivity index (χ0n) is 8.51. The van der Waals surface area contributed by atoms with Gasteiger partial charge in [0.25, 0.3) is 0 Å². The second-order valence-corrected chi connectivity index (χ2v) is 3.51. The Hall–Kier alpha value is -0.870. The first-order valence-electron chi connectivity index (χ1n) is 5.16. The third-order valence-electron chi connectivity index (χ3n) is 2.39. The summed E-state index contributed by atoms with van der Waals surface area (Å²) in [5, 5.41) is 7.36. The summed E-state index contributed by atoms with van der Waals surface area (Å²) >= 11 is 0. The van der Waals surface area contributed by atoms with Crippen LogP contribution in [0.2, 0.25) is 0 Å². The van der Waals surface area contributed by atoms with Crippen molar-refractivity contribution in [1.29, 1.82) is 0 Å². The van der Waals surface area contributed by atoms with Crippen LogP contribution in [0.25, 0.3) is 0 Å². The smallest absolute Gasteiger partial charge is 0.144 e. The normalized spacial score (nSPS) is 15.5. The minimum atomic E-state index is 0.655. The summed E-state index contributed by atoms with van der Waals surface area (Å²) in [4.78, 5) is 0. The summed E-state index contributed by atoms with van der Waals surface area (Å²) in [5.41, 5.74) is 2.16. The zero-order chi connectivity index (χ0) is 9.80. The van der Waals surface area contributed by atoms with Gasteiger partial charge in [-0.25, -0.2) is 0 Å². The highest BCUT2D eigenvalue weighted by atomic mass is 16.5. The second kappa shape index (κ2) is 4.57. The first-order valence-corrected chi connectivity index (χ1v) is 5.16. The van der Waals surface area contributed by atoms with Gasteiger partial charge >= 0.3 is 0 Å². The van der Waals surface area contributed by atoms with E-state index < -0.39 is 0 Å². The number of fused-ring (bicyclic) bond motifs is 1. The largest absolute Gasteiger partial charge is 0.376 e.